The van der Waals surface area contributed by atoms with Gasteiger partial charge in [-0.2, -0.15) is 0 Å². The van der Waals surface area contributed by atoms with E-state index in [4.69, 9.17) is 9.47 Å². The molecule has 1 aromatic carbocycles. The molecule has 0 bridgehead atoms. The molecule has 3 heteroatoms. The van der Waals surface area contributed by atoms with Crippen LogP contribution in [0.15, 0.2) is 36.9 Å². The van der Waals surface area contributed by atoms with Crippen LogP contribution in [-0.2, 0) is 16.0 Å². The van der Waals surface area contributed by atoms with Gasteiger partial charge in [-0.25, -0.2) is 0 Å². The highest BCUT2D eigenvalue weighted by molar-refractivity contribution is 5.74. The zero-order chi connectivity index (χ0) is 12.1. The van der Waals surface area contributed by atoms with Crippen molar-refractivity contribution < 1.29 is 14.3 Å². The maximum atomic E-state index is 11.3. The van der Waals surface area contributed by atoms with Crippen LogP contribution in [0, 0.1) is 5.92 Å². The second-order valence-corrected chi connectivity index (χ2v) is 4.10. The summed E-state index contributed by atoms with van der Waals surface area (Å²) in [7, 11) is 0. The van der Waals surface area contributed by atoms with Gasteiger partial charge in [-0.1, -0.05) is 24.8 Å². The highest BCUT2D eigenvalue weighted by atomic mass is 16.5. The number of hydrogen-bond acceptors (Lipinski definition) is 3. The number of benzene rings is 1. The van der Waals surface area contributed by atoms with Gasteiger partial charge < -0.3 is 9.47 Å². The number of hydrogen-bond donors (Lipinski definition) is 0. The minimum absolute atomic E-state index is 0.0231. The van der Waals surface area contributed by atoms with Crippen LogP contribution in [0.25, 0.3) is 0 Å². The minimum atomic E-state index is -0.0722. The SMILES string of the molecule is C=CCOc1ccc(C[C@@H]2CCOC2=O)cc1. The number of carbonyl (C=O) groups excluding carboxylic acids is 1. The average molecular weight is 232 g/mol. The maximum Gasteiger partial charge on any atom is 0.309 e. The van der Waals surface area contributed by atoms with Crippen molar-refractivity contribution in [1.29, 1.82) is 0 Å². The summed E-state index contributed by atoms with van der Waals surface area (Å²) < 4.78 is 10.3. The third-order valence-corrected chi connectivity index (χ3v) is 2.82. The predicted octanol–water partition coefficient (Wildman–Crippen LogP) is 2.36. The Kier molecular flexibility index (Phi) is 3.81. The summed E-state index contributed by atoms with van der Waals surface area (Å²) in [4.78, 5) is 11.3. The molecule has 1 atom stereocenters. The van der Waals surface area contributed by atoms with Crippen LogP contribution in [0.4, 0.5) is 0 Å². The van der Waals surface area contributed by atoms with Crippen LogP contribution in [0.5, 0.6) is 5.75 Å². The van der Waals surface area contributed by atoms with Gasteiger partial charge in [-0.15, -0.1) is 0 Å². The van der Waals surface area contributed by atoms with Crippen molar-refractivity contribution in [2.75, 3.05) is 13.2 Å². The minimum Gasteiger partial charge on any atom is -0.490 e. The van der Waals surface area contributed by atoms with Gasteiger partial charge in [-0.05, 0) is 30.5 Å². The van der Waals surface area contributed by atoms with Crippen LogP contribution in [-0.4, -0.2) is 19.2 Å². The monoisotopic (exact) mass is 232 g/mol. The number of carbonyl (C=O) groups is 1. The molecule has 17 heavy (non-hydrogen) atoms. The summed E-state index contributed by atoms with van der Waals surface area (Å²) in [6, 6.07) is 7.81. The van der Waals surface area contributed by atoms with Crippen LogP contribution in [0.1, 0.15) is 12.0 Å². The van der Waals surface area contributed by atoms with Crippen LogP contribution in [0.2, 0.25) is 0 Å². The van der Waals surface area contributed by atoms with Crippen LogP contribution < -0.4 is 4.74 Å². The molecule has 0 radical (unpaired) electrons. The molecule has 0 aromatic heterocycles. The summed E-state index contributed by atoms with van der Waals surface area (Å²) in [5, 5.41) is 0. The Labute approximate surface area is 101 Å². The smallest absolute Gasteiger partial charge is 0.309 e. The first-order valence-electron chi connectivity index (χ1n) is 5.79. The highest BCUT2D eigenvalue weighted by Gasteiger charge is 2.26. The number of rotatable bonds is 5. The Hall–Kier alpha value is -1.77. The standard InChI is InChI=1S/C14H16O3/c1-2-8-16-13-5-3-11(4-6-13)10-12-7-9-17-14(12)15/h2-6,12H,1,7-10H2/t12-/m0/s1. The third kappa shape index (κ3) is 3.09. The molecule has 0 saturated carbocycles. The second-order valence-electron chi connectivity index (χ2n) is 4.10. The van der Waals surface area contributed by atoms with Gasteiger partial charge in [0.15, 0.2) is 0 Å². The lowest BCUT2D eigenvalue weighted by Crippen LogP contribution is -2.10. The van der Waals surface area contributed by atoms with Gasteiger partial charge in [0.25, 0.3) is 0 Å². The predicted molar refractivity (Wildman–Crippen MR) is 64.9 cm³/mol. The van der Waals surface area contributed by atoms with Crippen molar-refractivity contribution in [2.45, 2.75) is 12.8 Å². The van der Waals surface area contributed by atoms with E-state index >= 15 is 0 Å². The molecular formula is C14H16O3. The molecule has 1 heterocycles. The first-order valence-corrected chi connectivity index (χ1v) is 5.79. The van der Waals surface area contributed by atoms with Gasteiger partial charge in [0.2, 0.25) is 0 Å². The normalized spacial score (nSPS) is 18.8. The van der Waals surface area contributed by atoms with Gasteiger partial charge in [0.1, 0.15) is 12.4 Å². The maximum absolute atomic E-state index is 11.3. The van der Waals surface area contributed by atoms with Gasteiger partial charge in [0.05, 0.1) is 12.5 Å². The van der Waals surface area contributed by atoms with E-state index in [1.165, 1.54) is 0 Å². The molecule has 1 aromatic rings. The quantitative estimate of drug-likeness (QED) is 0.577. The fourth-order valence-corrected chi connectivity index (χ4v) is 1.88. The first-order chi connectivity index (χ1) is 8.29. The fraction of sp³-hybridized carbons (Fsp3) is 0.357. The van der Waals surface area contributed by atoms with Crippen molar-refractivity contribution in [3.63, 3.8) is 0 Å². The van der Waals surface area contributed by atoms with Crippen molar-refractivity contribution in [3.8, 4) is 5.75 Å². The molecule has 1 saturated heterocycles. The van der Waals surface area contributed by atoms with Crippen molar-refractivity contribution >= 4 is 5.97 Å². The molecule has 3 nitrogen and oxygen atoms in total. The molecular weight excluding hydrogens is 216 g/mol. The summed E-state index contributed by atoms with van der Waals surface area (Å²) in [6.07, 6.45) is 3.29. The largest absolute Gasteiger partial charge is 0.490 e. The second kappa shape index (κ2) is 5.53. The van der Waals surface area contributed by atoms with Gasteiger partial charge in [0, 0.05) is 0 Å². The number of ether oxygens (including phenoxy) is 2. The Bertz CT molecular complexity index is 394. The van der Waals surface area contributed by atoms with Crippen LogP contribution >= 0.6 is 0 Å². The van der Waals surface area contributed by atoms with Crippen molar-refractivity contribution in [3.05, 3.63) is 42.5 Å². The zero-order valence-electron chi connectivity index (χ0n) is 9.72. The van der Waals surface area contributed by atoms with E-state index in [1.807, 2.05) is 24.3 Å². The van der Waals surface area contributed by atoms with E-state index in [0.717, 1.165) is 24.2 Å². The average Bonchev–Trinajstić information content (AvgIpc) is 2.74. The lowest BCUT2D eigenvalue weighted by atomic mass is 9.98. The van der Waals surface area contributed by atoms with Crippen molar-refractivity contribution in [2.24, 2.45) is 5.92 Å². The number of cyclic esters (lactones) is 1. The number of esters is 1. The first kappa shape index (κ1) is 11.7. The van der Waals surface area contributed by atoms with Gasteiger partial charge in [-0.3, -0.25) is 4.79 Å². The molecule has 2 rings (SSSR count). The summed E-state index contributed by atoms with van der Waals surface area (Å²) in [5.74, 6) is 0.773. The Balaban J connectivity index is 1.93. The lowest BCUT2D eigenvalue weighted by Gasteiger charge is -2.07. The van der Waals surface area contributed by atoms with E-state index in [0.29, 0.717) is 13.2 Å². The molecule has 0 N–H and O–H groups in total. The summed E-state index contributed by atoms with van der Waals surface area (Å²) >= 11 is 0. The molecule has 1 aliphatic heterocycles. The highest BCUT2D eigenvalue weighted by Crippen LogP contribution is 2.21. The van der Waals surface area contributed by atoms with E-state index in [-0.39, 0.29) is 11.9 Å². The summed E-state index contributed by atoms with van der Waals surface area (Å²) in [6.45, 7) is 4.66. The van der Waals surface area contributed by atoms with Crippen LogP contribution in [0.3, 0.4) is 0 Å². The van der Waals surface area contributed by atoms with Gasteiger partial charge >= 0.3 is 5.97 Å². The topological polar surface area (TPSA) is 35.5 Å². The molecule has 1 fully saturated rings. The molecule has 0 amide bonds. The molecule has 90 valence electrons. The molecule has 0 unspecified atom stereocenters. The van der Waals surface area contributed by atoms with Crippen molar-refractivity contribution in [1.82, 2.24) is 0 Å². The van der Waals surface area contributed by atoms with E-state index in [2.05, 4.69) is 6.58 Å². The molecule has 1 aliphatic rings. The fourth-order valence-electron chi connectivity index (χ4n) is 1.88. The third-order valence-electron chi connectivity index (χ3n) is 2.82. The Morgan fingerprint density at radius 1 is 1.41 bits per heavy atom. The Morgan fingerprint density at radius 2 is 2.18 bits per heavy atom. The zero-order valence-corrected chi connectivity index (χ0v) is 9.72. The lowest BCUT2D eigenvalue weighted by molar-refractivity contribution is -0.141. The molecule has 0 spiro atoms. The summed E-state index contributed by atoms with van der Waals surface area (Å²) in [5.41, 5.74) is 1.14. The van der Waals surface area contributed by atoms with E-state index in [9.17, 15) is 4.79 Å². The van der Waals surface area contributed by atoms with E-state index < -0.39 is 0 Å². The molecule has 0 aliphatic carbocycles. The van der Waals surface area contributed by atoms with E-state index in [1.54, 1.807) is 6.08 Å². The Morgan fingerprint density at radius 3 is 2.76 bits per heavy atom.